The van der Waals surface area contributed by atoms with E-state index >= 15 is 0 Å². The van der Waals surface area contributed by atoms with Crippen molar-refractivity contribution < 1.29 is 4.39 Å². The summed E-state index contributed by atoms with van der Waals surface area (Å²) in [6, 6.07) is 1.69. The van der Waals surface area contributed by atoms with E-state index in [1.54, 1.807) is 23.6 Å². The van der Waals surface area contributed by atoms with Crippen LogP contribution in [0.5, 0.6) is 0 Å². The third kappa shape index (κ3) is 4.92. The summed E-state index contributed by atoms with van der Waals surface area (Å²) in [5.74, 6) is 0.242. The van der Waals surface area contributed by atoms with Crippen LogP contribution in [-0.4, -0.2) is 21.0 Å². The van der Waals surface area contributed by atoms with Crippen molar-refractivity contribution in [2.45, 2.75) is 32.9 Å². The molecule has 0 spiro atoms. The number of fused-ring (bicyclic) bond motifs is 1. The minimum Gasteiger partial charge on any atom is -0.365 e. The Bertz CT molecular complexity index is 888. The summed E-state index contributed by atoms with van der Waals surface area (Å²) in [5, 5.41) is 3.32. The topological polar surface area (TPSA) is 76.7 Å². The maximum atomic E-state index is 13.7. The van der Waals surface area contributed by atoms with Gasteiger partial charge in [0.05, 0.1) is 16.4 Å². The molecule has 0 fully saturated rings. The quantitative estimate of drug-likeness (QED) is 0.572. The summed E-state index contributed by atoms with van der Waals surface area (Å²) >= 11 is 7.65. The second-order valence-corrected chi connectivity index (χ2v) is 7.11. The largest absolute Gasteiger partial charge is 0.365 e. The molecule has 3 N–H and O–H groups in total. The number of halogens is 4. The average molecular weight is 439 g/mol. The number of rotatable bonds is 5. The summed E-state index contributed by atoms with van der Waals surface area (Å²) in [7, 11) is 0. The van der Waals surface area contributed by atoms with Crippen LogP contribution in [0.15, 0.2) is 18.5 Å². The van der Waals surface area contributed by atoms with Gasteiger partial charge in [-0.3, -0.25) is 4.98 Å². The Morgan fingerprint density at radius 3 is 2.73 bits per heavy atom. The number of nitrogens with zero attached hydrogens (tertiary/aromatic N) is 3. The number of nitrogens with two attached hydrogens (primary N) is 1. The van der Waals surface area contributed by atoms with Crippen molar-refractivity contribution in [1.29, 1.82) is 0 Å². The zero-order valence-corrected chi connectivity index (χ0v) is 17.3. The Morgan fingerprint density at radius 1 is 1.35 bits per heavy atom. The van der Waals surface area contributed by atoms with Crippen molar-refractivity contribution in [1.82, 2.24) is 15.0 Å². The molecule has 0 aromatic carbocycles. The predicted octanol–water partition coefficient (Wildman–Crippen LogP) is 4.53. The Balaban J connectivity index is 0.00000169. The maximum Gasteiger partial charge on any atom is 0.224 e. The maximum absolute atomic E-state index is 13.7. The normalized spacial score (nSPS) is 11.6. The number of thiophene rings is 1. The minimum atomic E-state index is -0.360. The zero-order valence-electron chi connectivity index (χ0n) is 14.1. The molecular weight excluding hydrogens is 420 g/mol. The molecule has 0 saturated carbocycles. The van der Waals surface area contributed by atoms with Gasteiger partial charge >= 0.3 is 0 Å². The molecule has 1 atom stereocenters. The second-order valence-electron chi connectivity index (χ2n) is 5.67. The first-order valence-corrected chi connectivity index (χ1v) is 8.68. The van der Waals surface area contributed by atoms with Gasteiger partial charge in [-0.2, -0.15) is 4.98 Å². The first-order valence-electron chi connectivity index (χ1n) is 7.49. The van der Waals surface area contributed by atoms with Gasteiger partial charge in [-0.05, 0) is 43.5 Å². The van der Waals surface area contributed by atoms with Crippen molar-refractivity contribution in [2.75, 3.05) is 5.32 Å². The molecule has 10 heteroatoms. The third-order valence-electron chi connectivity index (χ3n) is 3.65. The van der Waals surface area contributed by atoms with E-state index in [1.165, 1.54) is 6.20 Å². The molecule has 0 bridgehead atoms. The Morgan fingerprint density at radius 2 is 2.08 bits per heavy atom. The summed E-state index contributed by atoms with van der Waals surface area (Å²) in [5.41, 5.74) is 8.30. The Hall–Kier alpha value is -1.25. The Kier molecular flexibility index (Phi) is 8.43. The number of pyridine rings is 1. The lowest BCUT2D eigenvalue weighted by Gasteiger charge is -2.07. The first kappa shape index (κ1) is 22.8. The highest BCUT2D eigenvalue weighted by Gasteiger charge is 2.16. The van der Waals surface area contributed by atoms with E-state index in [9.17, 15) is 4.39 Å². The van der Waals surface area contributed by atoms with Gasteiger partial charge < -0.3 is 11.1 Å². The van der Waals surface area contributed by atoms with Gasteiger partial charge in [0.25, 0.3) is 0 Å². The van der Waals surface area contributed by atoms with Gasteiger partial charge in [-0.15, -0.1) is 36.2 Å². The van der Waals surface area contributed by atoms with Crippen LogP contribution in [0.4, 0.5) is 10.2 Å². The fourth-order valence-electron chi connectivity index (χ4n) is 2.44. The molecule has 0 aliphatic carbocycles. The lowest BCUT2D eigenvalue weighted by molar-refractivity contribution is 0.606. The van der Waals surface area contributed by atoms with E-state index in [2.05, 4.69) is 20.3 Å². The SMILES string of the molecule is Cc1c(CC(C)N)sc2c(NCc3ccncc3F)nc(Cl)nc12.Cl.Cl. The number of hydrogen-bond acceptors (Lipinski definition) is 6. The molecule has 3 rings (SSSR count). The molecule has 0 aliphatic heterocycles. The van der Waals surface area contributed by atoms with Gasteiger partial charge in [-0.25, -0.2) is 9.37 Å². The van der Waals surface area contributed by atoms with Crippen LogP contribution in [0.2, 0.25) is 5.28 Å². The van der Waals surface area contributed by atoms with Gasteiger partial charge in [0.1, 0.15) is 11.6 Å². The molecule has 3 aromatic heterocycles. The van der Waals surface area contributed by atoms with E-state index in [0.717, 1.165) is 27.1 Å². The molecule has 0 saturated heterocycles. The van der Waals surface area contributed by atoms with Gasteiger partial charge in [-0.1, -0.05) is 0 Å². The smallest absolute Gasteiger partial charge is 0.224 e. The van der Waals surface area contributed by atoms with E-state index in [0.29, 0.717) is 11.4 Å². The summed E-state index contributed by atoms with van der Waals surface area (Å²) in [4.78, 5) is 13.5. The predicted molar refractivity (Wildman–Crippen MR) is 111 cm³/mol. The van der Waals surface area contributed by atoms with Gasteiger partial charge in [0.15, 0.2) is 0 Å². The number of anilines is 1. The average Bonchev–Trinajstić information content (AvgIpc) is 2.82. The molecule has 0 amide bonds. The zero-order chi connectivity index (χ0) is 17.3. The fourth-order valence-corrected chi connectivity index (χ4v) is 3.96. The van der Waals surface area contributed by atoms with Crippen molar-refractivity contribution in [3.63, 3.8) is 0 Å². The Labute approximate surface area is 172 Å². The van der Waals surface area contributed by atoms with Crippen molar-refractivity contribution in [2.24, 2.45) is 5.73 Å². The molecular formula is C16H19Cl3FN5S. The highest BCUT2D eigenvalue weighted by Crippen LogP contribution is 2.35. The summed E-state index contributed by atoms with van der Waals surface area (Å²) in [6.07, 6.45) is 3.51. The van der Waals surface area contributed by atoms with Crippen LogP contribution in [0, 0.1) is 12.7 Å². The minimum absolute atomic E-state index is 0. The van der Waals surface area contributed by atoms with Crippen molar-refractivity contribution in [3.05, 3.63) is 45.6 Å². The van der Waals surface area contributed by atoms with E-state index < -0.39 is 0 Å². The lowest BCUT2D eigenvalue weighted by atomic mass is 10.1. The van der Waals surface area contributed by atoms with Crippen LogP contribution < -0.4 is 11.1 Å². The monoisotopic (exact) mass is 437 g/mol. The van der Waals surface area contributed by atoms with Crippen molar-refractivity contribution >= 4 is 63.8 Å². The number of aryl methyl sites for hydroxylation is 1. The highest BCUT2D eigenvalue weighted by atomic mass is 35.5. The molecule has 142 valence electrons. The third-order valence-corrected chi connectivity index (χ3v) is 5.13. The summed E-state index contributed by atoms with van der Waals surface area (Å²) < 4.78 is 14.6. The molecule has 0 aliphatic rings. The van der Waals surface area contributed by atoms with Crippen LogP contribution in [0.3, 0.4) is 0 Å². The first-order chi connectivity index (χ1) is 11.5. The van der Waals surface area contributed by atoms with E-state index in [4.69, 9.17) is 17.3 Å². The van der Waals surface area contributed by atoms with Crippen LogP contribution in [-0.2, 0) is 13.0 Å². The van der Waals surface area contributed by atoms with Crippen molar-refractivity contribution in [3.8, 4) is 0 Å². The molecule has 0 radical (unpaired) electrons. The van der Waals surface area contributed by atoms with Crippen LogP contribution in [0.1, 0.15) is 22.9 Å². The number of aromatic nitrogens is 3. The number of hydrogen-bond donors (Lipinski definition) is 2. The van der Waals surface area contributed by atoms with E-state index in [-0.39, 0.29) is 48.5 Å². The van der Waals surface area contributed by atoms with Crippen LogP contribution in [0.25, 0.3) is 10.2 Å². The number of nitrogens with one attached hydrogen (secondary N) is 1. The van der Waals surface area contributed by atoms with Gasteiger partial charge in [0, 0.05) is 29.2 Å². The fraction of sp³-hybridized carbons (Fsp3) is 0.312. The molecule has 26 heavy (non-hydrogen) atoms. The molecule has 1 unspecified atom stereocenters. The molecule has 3 aromatic rings. The van der Waals surface area contributed by atoms with Crippen LogP contribution >= 0.6 is 47.8 Å². The molecule has 5 nitrogen and oxygen atoms in total. The summed E-state index contributed by atoms with van der Waals surface area (Å²) in [6.45, 7) is 4.26. The lowest BCUT2D eigenvalue weighted by Crippen LogP contribution is -2.17. The van der Waals surface area contributed by atoms with E-state index in [1.807, 2.05) is 13.8 Å². The van der Waals surface area contributed by atoms with Gasteiger partial charge in [0.2, 0.25) is 5.28 Å². The standard InChI is InChI=1S/C16H17ClFN5S.2ClH/c1-8(19)5-12-9(2)13-14(24-12)15(23-16(17)22-13)21-6-10-3-4-20-7-11(10)18;;/h3-4,7-8H,5-6,19H2,1-2H3,(H,21,22,23);2*1H. The molecule has 3 heterocycles. The second kappa shape index (κ2) is 9.62. The highest BCUT2D eigenvalue weighted by molar-refractivity contribution is 7.19.